The smallest absolute Gasteiger partial charge is 0.0409 e. The fraction of sp³-hybridized carbons (Fsp3) is 0.571. The van der Waals surface area contributed by atoms with Crippen molar-refractivity contribution in [2.75, 3.05) is 0 Å². The summed E-state index contributed by atoms with van der Waals surface area (Å²) in [5.74, 6) is 0.640. The first kappa shape index (κ1) is 11.9. The molecule has 2 rings (SSSR count). The molecule has 0 bridgehead atoms. The van der Waals surface area contributed by atoms with Crippen LogP contribution in [0, 0.1) is 5.92 Å². The molecule has 0 amide bonds. The standard InChI is InChI=1S/C14H20ClN/c15-13-9-5-8-12(10-13)14(16)11-6-3-1-2-4-7-11/h5,8-11,14H,1-4,6-7,16H2. The van der Waals surface area contributed by atoms with E-state index in [2.05, 4.69) is 6.07 Å². The van der Waals surface area contributed by atoms with Crippen molar-refractivity contribution >= 4 is 11.6 Å². The molecular formula is C14H20ClN. The molecule has 1 aliphatic rings. The summed E-state index contributed by atoms with van der Waals surface area (Å²) in [7, 11) is 0. The Morgan fingerprint density at radius 3 is 2.44 bits per heavy atom. The zero-order chi connectivity index (χ0) is 11.4. The average molecular weight is 238 g/mol. The lowest BCUT2D eigenvalue weighted by atomic mass is 9.88. The van der Waals surface area contributed by atoms with Crippen LogP contribution >= 0.6 is 11.6 Å². The highest BCUT2D eigenvalue weighted by Gasteiger charge is 2.20. The predicted molar refractivity (Wildman–Crippen MR) is 69.6 cm³/mol. The Kier molecular flexibility index (Phi) is 4.25. The van der Waals surface area contributed by atoms with Gasteiger partial charge in [0.25, 0.3) is 0 Å². The van der Waals surface area contributed by atoms with E-state index >= 15 is 0 Å². The minimum Gasteiger partial charge on any atom is -0.324 e. The van der Waals surface area contributed by atoms with Gasteiger partial charge in [0.2, 0.25) is 0 Å². The zero-order valence-corrected chi connectivity index (χ0v) is 10.4. The lowest BCUT2D eigenvalue weighted by Crippen LogP contribution is -2.21. The van der Waals surface area contributed by atoms with E-state index in [0.29, 0.717) is 5.92 Å². The van der Waals surface area contributed by atoms with E-state index in [9.17, 15) is 0 Å². The van der Waals surface area contributed by atoms with E-state index in [1.54, 1.807) is 0 Å². The number of hydrogen-bond acceptors (Lipinski definition) is 1. The van der Waals surface area contributed by atoms with Crippen LogP contribution in [-0.2, 0) is 0 Å². The molecule has 1 aromatic carbocycles. The van der Waals surface area contributed by atoms with E-state index in [-0.39, 0.29) is 6.04 Å². The normalized spacial score (nSPS) is 20.4. The van der Waals surface area contributed by atoms with Crippen molar-refractivity contribution in [3.63, 3.8) is 0 Å². The lowest BCUT2D eigenvalue weighted by molar-refractivity contribution is 0.382. The van der Waals surface area contributed by atoms with Crippen LogP contribution < -0.4 is 5.73 Å². The minimum atomic E-state index is 0.164. The third-order valence-corrected chi connectivity index (χ3v) is 3.88. The van der Waals surface area contributed by atoms with Crippen molar-refractivity contribution in [3.8, 4) is 0 Å². The Balaban J connectivity index is 2.07. The van der Waals surface area contributed by atoms with Gasteiger partial charge in [0.1, 0.15) is 0 Å². The van der Waals surface area contributed by atoms with Crippen molar-refractivity contribution in [1.82, 2.24) is 0 Å². The monoisotopic (exact) mass is 237 g/mol. The van der Waals surface area contributed by atoms with E-state index in [1.807, 2.05) is 18.2 Å². The van der Waals surface area contributed by atoms with Gasteiger partial charge < -0.3 is 5.73 Å². The molecule has 16 heavy (non-hydrogen) atoms. The molecule has 88 valence electrons. The summed E-state index contributed by atoms with van der Waals surface area (Å²) in [6.07, 6.45) is 7.96. The summed E-state index contributed by atoms with van der Waals surface area (Å²) >= 11 is 6.00. The summed E-state index contributed by atoms with van der Waals surface area (Å²) in [5.41, 5.74) is 7.54. The first-order chi connectivity index (χ1) is 7.77. The second-order valence-corrected chi connectivity index (χ2v) is 5.27. The van der Waals surface area contributed by atoms with E-state index in [4.69, 9.17) is 17.3 Å². The number of nitrogens with two attached hydrogens (primary N) is 1. The molecule has 1 aromatic rings. The van der Waals surface area contributed by atoms with Crippen molar-refractivity contribution in [1.29, 1.82) is 0 Å². The van der Waals surface area contributed by atoms with Gasteiger partial charge in [-0.3, -0.25) is 0 Å². The van der Waals surface area contributed by atoms with Gasteiger partial charge in [-0.1, -0.05) is 49.4 Å². The van der Waals surface area contributed by atoms with Gasteiger partial charge in [-0.05, 0) is 36.5 Å². The van der Waals surface area contributed by atoms with Gasteiger partial charge in [-0.2, -0.15) is 0 Å². The van der Waals surface area contributed by atoms with Crippen LogP contribution in [0.1, 0.15) is 50.1 Å². The first-order valence-corrected chi connectivity index (χ1v) is 6.66. The van der Waals surface area contributed by atoms with Crippen LogP contribution in [0.25, 0.3) is 0 Å². The van der Waals surface area contributed by atoms with Crippen molar-refractivity contribution in [2.24, 2.45) is 11.7 Å². The molecule has 0 aromatic heterocycles. The maximum atomic E-state index is 6.35. The Morgan fingerprint density at radius 1 is 1.12 bits per heavy atom. The minimum absolute atomic E-state index is 0.164. The molecule has 0 spiro atoms. The average Bonchev–Trinajstić information content (AvgIpc) is 2.56. The van der Waals surface area contributed by atoms with Crippen molar-refractivity contribution in [2.45, 2.75) is 44.6 Å². The molecule has 1 aliphatic carbocycles. The zero-order valence-electron chi connectivity index (χ0n) is 9.66. The molecular weight excluding hydrogens is 218 g/mol. The topological polar surface area (TPSA) is 26.0 Å². The van der Waals surface area contributed by atoms with Crippen LogP contribution in [0.4, 0.5) is 0 Å². The number of benzene rings is 1. The molecule has 0 saturated heterocycles. The second kappa shape index (κ2) is 5.70. The molecule has 2 N–H and O–H groups in total. The van der Waals surface area contributed by atoms with Crippen molar-refractivity contribution < 1.29 is 0 Å². The van der Waals surface area contributed by atoms with Gasteiger partial charge >= 0.3 is 0 Å². The summed E-state index contributed by atoms with van der Waals surface area (Å²) < 4.78 is 0. The number of halogens is 1. The highest BCUT2D eigenvalue weighted by molar-refractivity contribution is 6.30. The van der Waals surface area contributed by atoms with E-state index < -0.39 is 0 Å². The quantitative estimate of drug-likeness (QED) is 0.763. The lowest BCUT2D eigenvalue weighted by Gasteiger charge is -2.22. The van der Waals surface area contributed by atoms with Crippen LogP contribution in [-0.4, -0.2) is 0 Å². The molecule has 1 atom stereocenters. The third kappa shape index (κ3) is 2.99. The molecule has 0 aliphatic heterocycles. The molecule has 0 radical (unpaired) electrons. The molecule has 1 nitrogen and oxygen atoms in total. The number of rotatable bonds is 2. The Bertz CT molecular complexity index is 329. The predicted octanol–water partition coefficient (Wildman–Crippen LogP) is 4.31. The van der Waals surface area contributed by atoms with Crippen LogP contribution in [0.3, 0.4) is 0 Å². The van der Waals surface area contributed by atoms with E-state index in [1.165, 1.54) is 44.1 Å². The first-order valence-electron chi connectivity index (χ1n) is 6.28. The van der Waals surface area contributed by atoms with Crippen molar-refractivity contribution in [3.05, 3.63) is 34.9 Å². The maximum absolute atomic E-state index is 6.35. The third-order valence-electron chi connectivity index (χ3n) is 3.64. The summed E-state index contributed by atoms with van der Waals surface area (Å²) in [4.78, 5) is 0. The second-order valence-electron chi connectivity index (χ2n) is 4.83. The molecule has 1 saturated carbocycles. The van der Waals surface area contributed by atoms with Gasteiger partial charge in [-0.25, -0.2) is 0 Å². The van der Waals surface area contributed by atoms with Crippen LogP contribution in [0.2, 0.25) is 5.02 Å². The number of hydrogen-bond donors (Lipinski definition) is 1. The van der Waals surface area contributed by atoms with Gasteiger partial charge in [-0.15, -0.1) is 0 Å². The summed E-state index contributed by atoms with van der Waals surface area (Å²) in [6, 6.07) is 8.18. The fourth-order valence-electron chi connectivity index (χ4n) is 2.66. The van der Waals surface area contributed by atoms with Gasteiger partial charge in [0.15, 0.2) is 0 Å². The molecule has 1 unspecified atom stereocenters. The Labute approximate surface area is 103 Å². The SMILES string of the molecule is NC(c1cccc(Cl)c1)C1CCCCCC1. The summed E-state index contributed by atoms with van der Waals surface area (Å²) in [6.45, 7) is 0. The Hall–Kier alpha value is -0.530. The van der Waals surface area contributed by atoms with Gasteiger partial charge in [0.05, 0.1) is 0 Å². The molecule has 0 heterocycles. The molecule has 2 heteroatoms. The molecule has 1 fully saturated rings. The highest BCUT2D eigenvalue weighted by atomic mass is 35.5. The fourth-order valence-corrected chi connectivity index (χ4v) is 2.85. The van der Waals surface area contributed by atoms with Crippen LogP contribution in [0.15, 0.2) is 24.3 Å². The van der Waals surface area contributed by atoms with Gasteiger partial charge in [0, 0.05) is 11.1 Å². The Morgan fingerprint density at radius 2 is 1.81 bits per heavy atom. The highest BCUT2D eigenvalue weighted by Crippen LogP contribution is 2.32. The maximum Gasteiger partial charge on any atom is 0.0409 e. The largest absolute Gasteiger partial charge is 0.324 e. The van der Waals surface area contributed by atoms with Crippen LogP contribution in [0.5, 0.6) is 0 Å². The summed E-state index contributed by atoms with van der Waals surface area (Å²) in [5, 5.41) is 0.793. The van der Waals surface area contributed by atoms with E-state index in [0.717, 1.165) is 5.02 Å².